The van der Waals surface area contributed by atoms with Crippen LogP contribution in [0.25, 0.3) is 0 Å². The quantitative estimate of drug-likeness (QED) is 0.399. The van der Waals surface area contributed by atoms with Crippen LogP contribution in [-0.4, -0.2) is 65.6 Å². The third-order valence-electron chi connectivity index (χ3n) is 0. The number of rotatable bonds is 0. The van der Waals surface area contributed by atoms with E-state index in [0.29, 0.717) is 0 Å². The molecule has 0 bridgehead atoms. The van der Waals surface area contributed by atoms with Gasteiger partial charge in [-0.25, -0.2) is 0 Å². The summed E-state index contributed by atoms with van der Waals surface area (Å²) in [5.74, 6) is 0. The van der Waals surface area contributed by atoms with Gasteiger partial charge in [0.15, 0.2) is 0 Å². The van der Waals surface area contributed by atoms with Gasteiger partial charge in [-0.2, -0.15) is 0 Å². The van der Waals surface area contributed by atoms with Gasteiger partial charge in [0.2, 0.25) is 0 Å². The average Bonchev–Trinajstić information content (AvgIpc) is 0.811. The molecular formula is H7BCaHoO4. The maximum Gasteiger partial charge on any atom is 0 e. The predicted octanol–water partition coefficient (Wildman–Crippen LogP) is -3.79. The van der Waals surface area contributed by atoms with Gasteiger partial charge in [-0.1, -0.05) is 0 Å². The topological polar surface area (TPSA) is 92.2 Å². The largest absolute Gasteiger partial charge is 0 e. The molecule has 5 N–H and O–H groups in total. The number of hydrogen-bond acceptors (Lipinski definition) is 3. The summed E-state index contributed by atoms with van der Waals surface area (Å²) in [6.45, 7) is 0. The van der Waals surface area contributed by atoms with E-state index in [-0.39, 0.29) is 81.0 Å². The molecule has 0 aromatic carbocycles. The van der Waals surface area contributed by atoms with Gasteiger partial charge >= 0.3 is 45.1 Å². The van der Waals surface area contributed by atoms with Crippen molar-refractivity contribution in [2.75, 3.05) is 0 Å². The Labute approximate surface area is 101 Å². The van der Waals surface area contributed by atoms with E-state index in [1.54, 1.807) is 0 Å². The van der Waals surface area contributed by atoms with Gasteiger partial charge in [-0.3, -0.25) is 0 Å². The van der Waals surface area contributed by atoms with Crippen molar-refractivity contribution >= 4 is 45.1 Å². The van der Waals surface area contributed by atoms with Crippen molar-refractivity contribution in [1.82, 2.24) is 0 Å². The molecule has 0 spiro atoms. The van der Waals surface area contributed by atoms with Crippen molar-refractivity contribution in [3.8, 4) is 0 Å². The van der Waals surface area contributed by atoms with Crippen LogP contribution in [-0.2, 0) is 0 Å². The van der Waals surface area contributed by atoms with Crippen LogP contribution in [0.15, 0.2) is 0 Å². The first kappa shape index (κ1) is 22.7. The molecule has 0 aliphatic carbocycles. The van der Waals surface area contributed by atoms with Crippen LogP contribution in [0.5, 0.6) is 0 Å². The van der Waals surface area contributed by atoms with Gasteiger partial charge in [0, 0.05) is 37.7 Å². The molecule has 47 valence electrons. The Hall–Kier alpha value is 2.42. The Morgan fingerprint density at radius 2 is 1.00 bits per heavy atom. The monoisotopic (exact) mass is 287 g/mol. The molecule has 0 atom stereocenters. The van der Waals surface area contributed by atoms with Gasteiger partial charge in [-0.05, 0) is 0 Å². The minimum absolute atomic E-state index is 0. The standard InChI is InChI=1S/BH3O3.Ca.Ho.H2O.2H/c2-1(3)4;;;;;/h2-4H;;;1H2;;. The molecule has 4 nitrogen and oxygen atoms in total. The van der Waals surface area contributed by atoms with Gasteiger partial charge < -0.3 is 20.5 Å². The van der Waals surface area contributed by atoms with Crippen LogP contribution in [0, 0.1) is 37.7 Å². The molecule has 0 aliphatic rings. The van der Waals surface area contributed by atoms with Gasteiger partial charge in [-0.15, -0.1) is 0 Å². The van der Waals surface area contributed by atoms with Crippen LogP contribution < -0.4 is 0 Å². The van der Waals surface area contributed by atoms with Crippen LogP contribution in [0.3, 0.4) is 0 Å². The summed E-state index contributed by atoms with van der Waals surface area (Å²) in [4.78, 5) is 0. The van der Waals surface area contributed by atoms with Crippen molar-refractivity contribution in [1.29, 1.82) is 0 Å². The molecular weight excluding hydrogens is 280 g/mol. The van der Waals surface area contributed by atoms with Crippen molar-refractivity contribution in [3.63, 3.8) is 0 Å². The molecule has 0 aromatic heterocycles. The maximum absolute atomic E-state index is 7.17. The first-order chi connectivity index (χ1) is 1.73. The summed E-state index contributed by atoms with van der Waals surface area (Å²) in [5.41, 5.74) is 0. The smallest absolute Gasteiger partial charge is 0 e. The van der Waals surface area contributed by atoms with E-state index in [2.05, 4.69) is 0 Å². The molecule has 1 radical (unpaired) electrons. The molecule has 0 unspecified atom stereocenters. The normalized spacial score (nSPS) is 3.86. The zero-order chi connectivity index (χ0) is 3.58. The van der Waals surface area contributed by atoms with E-state index in [9.17, 15) is 0 Å². The van der Waals surface area contributed by atoms with Gasteiger partial charge in [0.1, 0.15) is 0 Å². The molecule has 0 aliphatic heterocycles. The zero-order valence-corrected chi connectivity index (χ0v) is 4.66. The second kappa shape index (κ2) is 15.8. The molecule has 7 heteroatoms. The Morgan fingerprint density at radius 1 is 1.00 bits per heavy atom. The molecule has 0 amide bonds. The van der Waals surface area contributed by atoms with E-state index in [1.165, 1.54) is 0 Å². The summed E-state index contributed by atoms with van der Waals surface area (Å²) in [7, 11) is -2.17. The second-order valence-corrected chi connectivity index (χ2v) is 0.346. The Bertz CT molecular complexity index is 16.4. The van der Waals surface area contributed by atoms with Gasteiger partial charge in [0.25, 0.3) is 0 Å². The summed E-state index contributed by atoms with van der Waals surface area (Å²) in [5, 5.41) is 21.5. The van der Waals surface area contributed by atoms with Crippen LogP contribution in [0.2, 0.25) is 0 Å². The van der Waals surface area contributed by atoms with Crippen molar-refractivity contribution in [2.24, 2.45) is 0 Å². The molecule has 7 heavy (non-hydrogen) atoms. The van der Waals surface area contributed by atoms with Crippen LogP contribution in [0.1, 0.15) is 0 Å². The minimum Gasteiger partial charge on any atom is 0 e. The fourth-order valence-electron chi connectivity index (χ4n) is 0. The molecule has 0 aromatic rings. The van der Waals surface area contributed by atoms with Crippen molar-refractivity contribution in [3.05, 3.63) is 0 Å². The van der Waals surface area contributed by atoms with E-state index in [4.69, 9.17) is 15.1 Å². The van der Waals surface area contributed by atoms with E-state index < -0.39 is 7.32 Å². The second-order valence-electron chi connectivity index (χ2n) is 0.346. The van der Waals surface area contributed by atoms with Crippen LogP contribution in [0.4, 0.5) is 0 Å². The minimum atomic E-state index is -2.17. The maximum atomic E-state index is 7.17. The summed E-state index contributed by atoms with van der Waals surface area (Å²) < 4.78 is 0. The molecule has 0 saturated heterocycles. The Balaban J connectivity index is -0.0000000150. The summed E-state index contributed by atoms with van der Waals surface area (Å²) in [6.07, 6.45) is 0. The van der Waals surface area contributed by atoms with Crippen LogP contribution >= 0.6 is 0 Å². The fraction of sp³-hybridized carbons (Fsp3) is 0. The van der Waals surface area contributed by atoms with Crippen molar-refractivity contribution in [2.45, 2.75) is 0 Å². The van der Waals surface area contributed by atoms with Gasteiger partial charge in [0.05, 0.1) is 0 Å². The summed E-state index contributed by atoms with van der Waals surface area (Å²) in [6, 6.07) is 0. The third kappa shape index (κ3) is 59.2. The SMILES string of the molecule is O.OB(O)O.[CaH2].[Ho]. The summed E-state index contributed by atoms with van der Waals surface area (Å²) >= 11 is 0. The molecule has 0 saturated carbocycles. The number of hydrogen-bond donors (Lipinski definition) is 3. The Morgan fingerprint density at radius 3 is 1.00 bits per heavy atom. The fourth-order valence-corrected chi connectivity index (χ4v) is 0. The van der Waals surface area contributed by atoms with E-state index in [1.807, 2.05) is 0 Å². The van der Waals surface area contributed by atoms with Crippen molar-refractivity contribution < 1.29 is 58.3 Å². The predicted molar refractivity (Wildman–Crippen MR) is 24.6 cm³/mol. The van der Waals surface area contributed by atoms with E-state index in [0.717, 1.165) is 0 Å². The molecule has 0 fully saturated rings. The Kier molecular flexibility index (Phi) is 51.2. The molecule has 0 rings (SSSR count). The zero-order valence-electron chi connectivity index (χ0n) is 2.72. The van der Waals surface area contributed by atoms with E-state index >= 15 is 0 Å². The molecule has 0 heterocycles. The average molecular weight is 287 g/mol. The third-order valence-corrected chi connectivity index (χ3v) is 0. The first-order valence-corrected chi connectivity index (χ1v) is 0.775. The first-order valence-electron chi connectivity index (χ1n) is 0.775.